The van der Waals surface area contributed by atoms with E-state index in [-0.39, 0.29) is 11.1 Å². The molecule has 158 valence electrons. The van der Waals surface area contributed by atoms with Gasteiger partial charge in [0.2, 0.25) is 5.89 Å². The summed E-state index contributed by atoms with van der Waals surface area (Å²) in [7, 11) is 0. The second-order valence-electron chi connectivity index (χ2n) is 7.41. The molecule has 1 N–H and O–H groups in total. The number of carbonyl (C=O) groups excluding carboxylic acids is 1. The largest absolute Gasteiger partial charge is 0.436 e. The molecule has 0 aliphatic rings. The smallest absolute Gasteiger partial charge is 0.258 e. The Morgan fingerprint density at radius 2 is 1.61 bits per heavy atom. The minimum Gasteiger partial charge on any atom is -0.436 e. The highest BCUT2D eigenvalue weighted by Gasteiger charge is 2.14. The topological polar surface area (TPSA) is 78.9 Å². The van der Waals surface area contributed by atoms with Crippen molar-refractivity contribution >= 4 is 22.7 Å². The second kappa shape index (κ2) is 8.40. The number of fused-ring (bicyclic) bond motifs is 1. The molecule has 0 fully saturated rings. The Morgan fingerprint density at radius 3 is 2.33 bits per heavy atom. The Hall–Kier alpha value is -4.76. The molecule has 0 radical (unpaired) electrons. The first kappa shape index (κ1) is 20.2. The molecule has 1 heterocycles. The average molecular weight is 433 g/mol. The number of oxazole rings is 1. The Labute approximate surface area is 188 Å². The fourth-order valence-corrected chi connectivity index (χ4v) is 3.53. The van der Waals surface area contributed by atoms with Crippen LogP contribution >= 0.6 is 0 Å². The maximum atomic E-state index is 14.1. The van der Waals surface area contributed by atoms with Gasteiger partial charge in [-0.2, -0.15) is 5.26 Å². The van der Waals surface area contributed by atoms with Crippen molar-refractivity contribution in [3.05, 3.63) is 108 Å². The van der Waals surface area contributed by atoms with Crippen LogP contribution in [-0.4, -0.2) is 10.9 Å². The van der Waals surface area contributed by atoms with Crippen molar-refractivity contribution < 1.29 is 13.6 Å². The summed E-state index contributed by atoms with van der Waals surface area (Å²) in [6.45, 7) is 0. The van der Waals surface area contributed by atoms with Crippen LogP contribution in [-0.2, 0) is 0 Å². The molecular formula is C27H16FN3O2. The van der Waals surface area contributed by atoms with Gasteiger partial charge in [0.05, 0.1) is 17.2 Å². The fraction of sp³-hybridized carbons (Fsp3) is 0. The van der Waals surface area contributed by atoms with Gasteiger partial charge in [-0.1, -0.05) is 42.5 Å². The van der Waals surface area contributed by atoms with Crippen LogP contribution < -0.4 is 5.32 Å². The number of nitrogens with zero attached hydrogens (tertiary/aromatic N) is 2. The molecule has 0 saturated heterocycles. The van der Waals surface area contributed by atoms with Crippen LogP contribution in [0.5, 0.6) is 0 Å². The third kappa shape index (κ3) is 4.08. The maximum Gasteiger partial charge on any atom is 0.258 e. The third-order valence-corrected chi connectivity index (χ3v) is 5.23. The molecule has 0 saturated carbocycles. The van der Waals surface area contributed by atoms with E-state index in [1.807, 2.05) is 60.7 Å². The van der Waals surface area contributed by atoms with Crippen molar-refractivity contribution in [2.45, 2.75) is 0 Å². The summed E-state index contributed by atoms with van der Waals surface area (Å²) in [6, 6.07) is 28.6. The van der Waals surface area contributed by atoms with Gasteiger partial charge in [0.25, 0.3) is 5.91 Å². The van der Waals surface area contributed by atoms with Gasteiger partial charge < -0.3 is 9.73 Å². The third-order valence-electron chi connectivity index (χ3n) is 5.23. The Balaban J connectivity index is 1.38. The molecule has 0 bridgehead atoms. The predicted octanol–water partition coefficient (Wildman–Crippen LogP) is 6.42. The minimum absolute atomic E-state index is 0.145. The maximum absolute atomic E-state index is 14.1. The quantitative estimate of drug-likeness (QED) is 0.354. The number of halogens is 1. The van der Waals surface area contributed by atoms with Crippen molar-refractivity contribution in [2.75, 3.05) is 5.32 Å². The molecule has 1 aromatic heterocycles. The second-order valence-corrected chi connectivity index (χ2v) is 7.41. The summed E-state index contributed by atoms with van der Waals surface area (Å²) in [6.07, 6.45) is 0. The van der Waals surface area contributed by atoms with Gasteiger partial charge in [0.1, 0.15) is 11.3 Å². The van der Waals surface area contributed by atoms with E-state index >= 15 is 0 Å². The monoisotopic (exact) mass is 433 g/mol. The standard InChI is InChI=1S/C27H16FN3O2/c28-23-14-17(16-29)6-12-22(23)26(32)30-21-11-13-25-24(15-21)31-27(33-25)20-9-7-19(8-10-20)18-4-2-1-3-5-18/h1-15H,(H,30,32). The Bertz CT molecular complexity index is 1520. The fourth-order valence-electron chi connectivity index (χ4n) is 3.53. The first-order valence-corrected chi connectivity index (χ1v) is 10.2. The van der Waals surface area contributed by atoms with Gasteiger partial charge in [-0.05, 0) is 59.7 Å². The van der Waals surface area contributed by atoms with Crippen LogP contribution in [0.15, 0.2) is 95.4 Å². The number of anilines is 1. The zero-order chi connectivity index (χ0) is 22.8. The Kier molecular flexibility index (Phi) is 5.13. The molecule has 33 heavy (non-hydrogen) atoms. The zero-order valence-electron chi connectivity index (χ0n) is 17.2. The number of rotatable bonds is 4. The summed E-state index contributed by atoms with van der Waals surface area (Å²) < 4.78 is 20.0. The number of aromatic nitrogens is 1. The van der Waals surface area contributed by atoms with E-state index in [4.69, 9.17) is 9.68 Å². The summed E-state index contributed by atoms with van der Waals surface area (Å²) in [5.74, 6) is -0.905. The normalized spacial score (nSPS) is 10.7. The van der Waals surface area contributed by atoms with Gasteiger partial charge >= 0.3 is 0 Å². The zero-order valence-corrected chi connectivity index (χ0v) is 17.2. The first-order valence-electron chi connectivity index (χ1n) is 10.2. The van der Waals surface area contributed by atoms with E-state index in [0.29, 0.717) is 22.7 Å². The van der Waals surface area contributed by atoms with Gasteiger partial charge in [0.15, 0.2) is 5.58 Å². The highest BCUT2D eigenvalue weighted by molar-refractivity contribution is 6.05. The molecule has 5 nitrogen and oxygen atoms in total. The molecule has 0 atom stereocenters. The van der Waals surface area contributed by atoms with Crippen molar-refractivity contribution in [3.63, 3.8) is 0 Å². The van der Waals surface area contributed by atoms with Crippen molar-refractivity contribution in [3.8, 4) is 28.7 Å². The van der Waals surface area contributed by atoms with Crippen molar-refractivity contribution in [2.24, 2.45) is 0 Å². The Morgan fingerprint density at radius 1 is 0.879 bits per heavy atom. The van der Waals surface area contributed by atoms with Crippen LogP contribution in [0.2, 0.25) is 0 Å². The summed E-state index contributed by atoms with van der Waals surface area (Å²) in [4.78, 5) is 17.0. The van der Waals surface area contributed by atoms with E-state index < -0.39 is 11.7 Å². The van der Waals surface area contributed by atoms with E-state index in [1.54, 1.807) is 18.2 Å². The number of hydrogen-bond acceptors (Lipinski definition) is 4. The SMILES string of the molecule is N#Cc1ccc(C(=O)Nc2ccc3oc(-c4ccc(-c5ccccc5)cc4)nc3c2)c(F)c1. The molecule has 1 amide bonds. The number of benzene rings is 4. The van der Waals surface area contributed by atoms with Gasteiger partial charge in [-0.15, -0.1) is 0 Å². The lowest BCUT2D eigenvalue weighted by Gasteiger charge is -2.06. The highest BCUT2D eigenvalue weighted by atomic mass is 19.1. The number of nitrogens with one attached hydrogen (secondary N) is 1. The lowest BCUT2D eigenvalue weighted by Crippen LogP contribution is -2.13. The molecule has 5 aromatic rings. The van der Waals surface area contributed by atoms with Crippen molar-refractivity contribution in [1.29, 1.82) is 5.26 Å². The molecule has 4 aromatic carbocycles. The van der Waals surface area contributed by atoms with Gasteiger partial charge in [-0.25, -0.2) is 9.37 Å². The molecule has 0 aliphatic heterocycles. The van der Waals surface area contributed by atoms with E-state index in [1.165, 1.54) is 12.1 Å². The summed E-state index contributed by atoms with van der Waals surface area (Å²) in [5, 5.41) is 11.5. The number of nitriles is 1. The summed E-state index contributed by atoms with van der Waals surface area (Å²) >= 11 is 0. The average Bonchev–Trinajstić information content (AvgIpc) is 3.28. The molecule has 5 rings (SSSR count). The lowest BCUT2D eigenvalue weighted by molar-refractivity contribution is 0.102. The lowest BCUT2D eigenvalue weighted by atomic mass is 10.0. The first-order chi connectivity index (χ1) is 16.1. The minimum atomic E-state index is -0.754. The molecular weight excluding hydrogens is 417 g/mol. The van der Waals surface area contributed by atoms with Crippen LogP contribution in [0.1, 0.15) is 15.9 Å². The van der Waals surface area contributed by atoms with Crippen molar-refractivity contribution in [1.82, 2.24) is 4.98 Å². The molecule has 0 spiro atoms. The molecule has 0 unspecified atom stereocenters. The van der Waals surface area contributed by atoms with Gasteiger partial charge in [0, 0.05) is 11.3 Å². The number of hydrogen-bond donors (Lipinski definition) is 1. The van der Waals surface area contributed by atoms with Crippen LogP contribution in [0.25, 0.3) is 33.7 Å². The van der Waals surface area contributed by atoms with Gasteiger partial charge in [-0.3, -0.25) is 4.79 Å². The van der Waals surface area contributed by atoms with Crippen LogP contribution in [0.4, 0.5) is 10.1 Å². The van der Waals surface area contributed by atoms with E-state index in [9.17, 15) is 9.18 Å². The molecule has 0 aliphatic carbocycles. The van der Waals surface area contributed by atoms with E-state index in [2.05, 4.69) is 10.3 Å². The number of amides is 1. The summed E-state index contributed by atoms with van der Waals surface area (Å²) in [5.41, 5.74) is 4.64. The number of carbonyl (C=O) groups is 1. The van der Waals surface area contributed by atoms with E-state index in [0.717, 1.165) is 22.8 Å². The highest BCUT2D eigenvalue weighted by Crippen LogP contribution is 2.28. The van der Waals surface area contributed by atoms with Crippen LogP contribution in [0, 0.1) is 17.1 Å². The van der Waals surface area contributed by atoms with Crippen LogP contribution in [0.3, 0.4) is 0 Å². The molecule has 6 heteroatoms. The predicted molar refractivity (Wildman–Crippen MR) is 124 cm³/mol.